The van der Waals surface area contributed by atoms with Crippen molar-refractivity contribution in [3.8, 4) is 0 Å². The Bertz CT molecular complexity index is 693. The summed E-state index contributed by atoms with van der Waals surface area (Å²) in [5.41, 5.74) is 0.551. The first kappa shape index (κ1) is 11.1. The van der Waals surface area contributed by atoms with Crippen molar-refractivity contribution >= 4 is 39.5 Å². The minimum absolute atomic E-state index is 0.305. The number of para-hydroxylation sites is 1. The van der Waals surface area contributed by atoms with Crippen molar-refractivity contribution < 1.29 is 4.79 Å². The molecule has 0 spiro atoms. The molecule has 6 nitrogen and oxygen atoms in total. The number of carbonyl (C=O) groups excluding carboxylic acids is 1. The summed E-state index contributed by atoms with van der Waals surface area (Å²) in [5.74, 6) is -0.321. The highest BCUT2D eigenvalue weighted by molar-refractivity contribution is 7.18. The van der Waals surface area contributed by atoms with E-state index in [1.165, 1.54) is 10.8 Å². The fraction of sp³-hybridized carbons (Fsp3) is 0. The highest BCUT2D eigenvalue weighted by Crippen LogP contribution is 2.22. The number of aromatic nitrogens is 4. The molecule has 0 radical (unpaired) electrons. The van der Waals surface area contributed by atoms with Gasteiger partial charge in [0.2, 0.25) is 9.97 Å². The van der Waals surface area contributed by atoms with Crippen LogP contribution in [0.2, 0.25) is 5.02 Å². The maximum Gasteiger partial charge on any atom is 0.286 e. The Morgan fingerprint density at radius 1 is 1.39 bits per heavy atom. The van der Waals surface area contributed by atoms with E-state index >= 15 is 0 Å². The zero-order chi connectivity index (χ0) is 12.5. The Balaban J connectivity index is 1.87. The van der Waals surface area contributed by atoms with Gasteiger partial charge in [-0.15, -0.1) is 15.3 Å². The second-order valence-corrected chi connectivity index (χ2v) is 4.76. The summed E-state index contributed by atoms with van der Waals surface area (Å²) in [5, 5.41) is 15.0. The first-order chi connectivity index (χ1) is 8.74. The number of halogens is 1. The van der Waals surface area contributed by atoms with Crippen LogP contribution in [-0.2, 0) is 0 Å². The lowest BCUT2D eigenvalue weighted by Crippen LogP contribution is -2.12. The lowest BCUT2D eigenvalue weighted by Gasteiger charge is -2.03. The molecule has 0 unspecified atom stereocenters. The van der Waals surface area contributed by atoms with Gasteiger partial charge in [0.05, 0.1) is 10.7 Å². The third-order valence-corrected chi connectivity index (χ3v) is 3.44. The highest BCUT2D eigenvalue weighted by Gasteiger charge is 2.14. The van der Waals surface area contributed by atoms with Crippen molar-refractivity contribution in [2.75, 3.05) is 5.32 Å². The Morgan fingerprint density at radius 3 is 3.00 bits per heavy atom. The number of hydrogen-bond acceptors (Lipinski definition) is 5. The molecule has 2 heterocycles. The fourth-order valence-electron chi connectivity index (χ4n) is 1.39. The molecule has 8 heteroatoms. The normalized spacial score (nSPS) is 10.7. The third-order valence-electron chi connectivity index (χ3n) is 2.20. The van der Waals surface area contributed by atoms with Gasteiger partial charge in [-0.3, -0.25) is 4.79 Å². The monoisotopic (exact) mass is 279 g/mol. The fourth-order valence-corrected chi connectivity index (χ4v) is 2.29. The van der Waals surface area contributed by atoms with Crippen LogP contribution in [0.3, 0.4) is 0 Å². The van der Waals surface area contributed by atoms with Gasteiger partial charge in [-0.2, -0.15) is 4.52 Å². The lowest BCUT2D eigenvalue weighted by atomic mass is 10.3. The van der Waals surface area contributed by atoms with Gasteiger partial charge >= 0.3 is 0 Å². The maximum atomic E-state index is 12.0. The number of nitrogens with one attached hydrogen (secondary N) is 1. The molecule has 0 aliphatic carbocycles. The number of amides is 1. The lowest BCUT2D eigenvalue weighted by molar-refractivity contribution is 0.102. The topological polar surface area (TPSA) is 72.2 Å². The molecule has 2 aromatic heterocycles. The van der Waals surface area contributed by atoms with Crippen LogP contribution in [0.1, 0.15) is 9.80 Å². The largest absolute Gasteiger partial charge is 0.318 e. The molecule has 1 aromatic carbocycles. The van der Waals surface area contributed by atoms with Gasteiger partial charge in [-0.25, -0.2) is 0 Å². The van der Waals surface area contributed by atoms with Gasteiger partial charge in [-0.1, -0.05) is 35.1 Å². The van der Waals surface area contributed by atoms with Crippen molar-refractivity contribution in [1.29, 1.82) is 0 Å². The van der Waals surface area contributed by atoms with Crippen molar-refractivity contribution in [1.82, 2.24) is 19.8 Å². The quantitative estimate of drug-likeness (QED) is 0.780. The van der Waals surface area contributed by atoms with Gasteiger partial charge in [0, 0.05) is 0 Å². The van der Waals surface area contributed by atoms with Gasteiger partial charge < -0.3 is 5.32 Å². The molecule has 0 saturated heterocycles. The summed E-state index contributed by atoms with van der Waals surface area (Å²) >= 11 is 7.11. The summed E-state index contributed by atoms with van der Waals surface area (Å²) in [6.45, 7) is 0. The van der Waals surface area contributed by atoms with Crippen LogP contribution in [0.5, 0.6) is 0 Å². The second-order valence-electron chi connectivity index (χ2n) is 3.40. The summed E-state index contributed by atoms with van der Waals surface area (Å²) in [4.78, 5) is 12.5. The van der Waals surface area contributed by atoms with Crippen molar-refractivity contribution in [2.45, 2.75) is 0 Å². The molecule has 3 rings (SSSR count). The van der Waals surface area contributed by atoms with E-state index in [4.69, 9.17) is 11.6 Å². The number of rotatable bonds is 2. The van der Waals surface area contributed by atoms with Crippen molar-refractivity contribution in [2.24, 2.45) is 0 Å². The molecule has 18 heavy (non-hydrogen) atoms. The average Bonchev–Trinajstić information content (AvgIpc) is 2.92. The third kappa shape index (κ3) is 1.93. The Hall–Kier alpha value is -1.99. The molecule has 1 N–H and O–H groups in total. The average molecular weight is 280 g/mol. The predicted molar refractivity (Wildman–Crippen MR) is 68.1 cm³/mol. The smallest absolute Gasteiger partial charge is 0.286 e. The van der Waals surface area contributed by atoms with Crippen molar-refractivity contribution in [3.63, 3.8) is 0 Å². The van der Waals surface area contributed by atoms with E-state index in [1.807, 2.05) is 0 Å². The van der Waals surface area contributed by atoms with Gasteiger partial charge in [0.1, 0.15) is 6.33 Å². The van der Waals surface area contributed by atoms with E-state index < -0.39 is 0 Å². The molecule has 1 amide bonds. The van der Waals surface area contributed by atoms with E-state index in [0.717, 1.165) is 11.3 Å². The summed E-state index contributed by atoms with van der Waals surface area (Å²) in [6.07, 6.45) is 1.44. The van der Waals surface area contributed by atoms with Gasteiger partial charge in [0.15, 0.2) is 0 Å². The number of fused-ring (bicyclic) bond motifs is 1. The Morgan fingerprint density at radius 2 is 2.22 bits per heavy atom. The molecular weight excluding hydrogens is 274 g/mol. The molecule has 0 saturated carbocycles. The zero-order valence-corrected chi connectivity index (χ0v) is 10.4. The number of anilines is 1. The molecule has 0 bridgehead atoms. The van der Waals surface area contributed by atoms with Crippen LogP contribution in [0.4, 0.5) is 5.69 Å². The van der Waals surface area contributed by atoms with Crippen LogP contribution in [-0.4, -0.2) is 25.7 Å². The van der Waals surface area contributed by atoms with Crippen LogP contribution >= 0.6 is 22.9 Å². The van der Waals surface area contributed by atoms with Crippen molar-refractivity contribution in [3.05, 3.63) is 40.6 Å². The summed E-state index contributed by atoms with van der Waals surface area (Å²) in [6, 6.07) is 7.01. The molecular formula is C10H6ClN5OS. The van der Waals surface area contributed by atoms with Crippen LogP contribution in [0.25, 0.3) is 4.96 Å². The molecule has 3 aromatic rings. The van der Waals surface area contributed by atoms with E-state index in [2.05, 4.69) is 20.6 Å². The highest BCUT2D eigenvalue weighted by atomic mass is 35.5. The van der Waals surface area contributed by atoms with Gasteiger partial charge in [0.25, 0.3) is 5.91 Å². The molecule has 0 fully saturated rings. The number of carbonyl (C=O) groups is 1. The van der Waals surface area contributed by atoms with Crippen LogP contribution in [0.15, 0.2) is 30.6 Å². The Kier molecular flexibility index (Phi) is 2.69. The van der Waals surface area contributed by atoms with Gasteiger partial charge in [-0.05, 0) is 12.1 Å². The number of nitrogens with zero attached hydrogens (tertiary/aromatic N) is 4. The van der Waals surface area contributed by atoms with Crippen LogP contribution in [0, 0.1) is 0 Å². The first-order valence-electron chi connectivity index (χ1n) is 4.97. The predicted octanol–water partition coefficient (Wildman–Crippen LogP) is 2.09. The van der Waals surface area contributed by atoms with Crippen LogP contribution < -0.4 is 5.32 Å². The second kappa shape index (κ2) is 4.35. The van der Waals surface area contributed by atoms with E-state index in [9.17, 15) is 4.79 Å². The maximum absolute atomic E-state index is 12.0. The standard InChI is InChI=1S/C10H6ClN5OS/c11-6-3-1-2-4-7(6)13-8(17)9-15-16-5-12-14-10(16)18-9/h1-5H,(H,13,17). The number of hydrogen-bond donors (Lipinski definition) is 1. The minimum Gasteiger partial charge on any atom is -0.318 e. The Labute approximate surface area is 110 Å². The zero-order valence-electron chi connectivity index (χ0n) is 8.87. The van der Waals surface area contributed by atoms with E-state index in [0.29, 0.717) is 20.7 Å². The molecule has 0 atom stereocenters. The first-order valence-corrected chi connectivity index (χ1v) is 6.16. The molecule has 0 aliphatic heterocycles. The summed E-state index contributed by atoms with van der Waals surface area (Å²) in [7, 11) is 0. The number of benzene rings is 1. The van der Waals surface area contributed by atoms with E-state index in [1.54, 1.807) is 24.3 Å². The summed E-state index contributed by atoms with van der Waals surface area (Å²) < 4.78 is 1.45. The molecule has 90 valence electrons. The molecule has 0 aliphatic rings. The SMILES string of the molecule is O=C(Nc1ccccc1Cl)c1nn2cnnc2s1. The van der Waals surface area contributed by atoms with E-state index in [-0.39, 0.29) is 5.91 Å². The minimum atomic E-state index is -0.321.